The maximum absolute atomic E-state index is 13.2. The number of hydrogen-bond donors (Lipinski definition) is 1. The molecule has 0 aliphatic heterocycles. The van der Waals surface area contributed by atoms with Gasteiger partial charge in [-0.2, -0.15) is 0 Å². The predicted octanol–water partition coefficient (Wildman–Crippen LogP) is 5.67. The van der Waals surface area contributed by atoms with Gasteiger partial charge in [-0.1, -0.05) is 65.8 Å². The molecule has 2 amide bonds. The van der Waals surface area contributed by atoms with Crippen molar-refractivity contribution in [2.45, 2.75) is 57.7 Å². The molecule has 1 aliphatic carbocycles. The number of carbonyl (C=O) groups excluding carboxylic acids is 2. The molecule has 2 aromatic rings. The van der Waals surface area contributed by atoms with Gasteiger partial charge in [-0.15, -0.1) is 0 Å². The molecule has 1 atom stereocenters. The Kier molecular flexibility index (Phi) is 8.04. The SMILES string of the molecule is C[C@@H](C(=O)NC1CCCC1)N(Cc1ccc(Cl)cc1)C(=O)Cc1ccc(Cl)c(Cl)c1. The molecule has 30 heavy (non-hydrogen) atoms. The monoisotopic (exact) mass is 466 g/mol. The third-order valence-corrected chi connectivity index (χ3v) is 6.47. The lowest BCUT2D eigenvalue weighted by molar-refractivity contribution is -0.140. The van der Waals surface area contributed by atoms with Gasteiger partial charge in [0.25, 0.3) is 0 Å². The number of halogens is 3. The molecule has 1 saturated carbocycles. The van der Waals surface area contributed by atoms with Crippen LogP contribution in [0.15, 0.2) is 42.5 Å². The molecule has 4 nitrogen and oxygen atoms in total. The maximum atomic E-state index is 13.2. The fourth-order valence-electron chi connectivity index (χ4n) is 3.69. The second-order valence-electron chi connectivity index (χ2n) is 7.74. The third-order valence-electron chi connectivity index (χ3n) is 5.47. The van der Waals surface area contributed by atoms with Crippen LogP contribution < -0.4 is 5.32 Å². The summed E-state index contributed by atoms with van der Waals surface area (Å²) in [6.45, 7) is 2.09. The quantitative estimate of drug-likeness (QED) is 0.571. The Morgan fingerprint density at radius 3 is 2.27 bits per heavy atom. The molecule has 1 N–H and O–H groups in total. The van der Waals surface area contributed by atoms with E-state index < -0.39 is 6.04 Å². The molecule has 0 saturated heterocycles. The second-order valence-corrected chi connectivity index (χ2v) is 8.99. The number of nitrogens with one attached hydrogen (secondary N) is 1. The first-order valence-electron chi connectivity index (χ1n) is 10.1. The number of carbonyl (C=O) groups is 2. The summed E-state index contributed by atoms with van der Waals surface area (Å²) in [5, 5.41) is 4.56. The van der Waals surface area contributed by atoms with E-state index in [1.807, 2.05) is 12.1 Å². The van der Waals surface area contributed by atoms with Gasteiger partial charge in [0, 0.05) is 17.6 Å². The lowest BCUT2D eigenvalue weighted by Gasteiger charge is -2.30. The van der Waals surface area contributed by atoms with Crippen LogP contribution in [0.3, 0.4) is 0 Å². The largest absolute Gasteiger partial charge is 0.352 e. The van der Waals surface area contributed by atoms with Crippen LogP contribution in [0, 0.1) is 0 Å². The van der Waals surface area contributed by atoms with E-state index in [1.165, 1.54) is 0 Å². The smallest absolute Gasteiger partial charge is 0.242 e. The zero-order chi connectivity index (χ0) is 21.7. The number of rotatable bonds is 7. The average Bonchev–Trinajstić information content (AvgIpc) is 3.22. The molecular weight excluding hydrogens is 443 g/mol. The first-order chi connectivity index (χ1) is 14.3. The van der Waals surface area contributed by atoms with E-state index in [9.17, 15) is 9.59 Å². The van der Waals surface area contributed by atoms with E-state index in [-0.39, 0.29) is 24.3 Å². The highest BCUT2D eigenvalue weighted by Gasteiger charge is 2.28. The Labute approximate surface area is 192 Å². The summed E-state index contributed by atoms with van der Waals surface area (Å²) in [6.07, 6.45) is 4.37. The summed E-state index contributed by atoms with van der Waals surface area (Å²) in [5.41, 5.74) is 1.65. The molecule has 0 spiro atoms. The molecule has 0 aromatic heterocycles. The minimum atomic E-state index is -0.600. The van der Waals surface area contributed by atoms with Crippen molar-refractivity contribution in [2.75, 3.05) is 0 Å². The Bertz CT molecular complexity index is 896. The number of amides is 2. The molecule has 0 radical (unpaired) electrons. The van der Waals surface area contributed by atoms with Gasteiger partial charge >= 0.3 is 0 Å². The van der Waals surface area contributed by atoms with Crippen LogP contribution >= 0.6 is 34.8 Å². The Morgan fingerprint density at radius 2 is 1.63 bits per heavy atom. The molecule has 1 aliphatic rings. The number of nitrogens with zero attached hydrogens (tertiary/aromatic N) is 1. The van der Waals surface area contributed by atoms with Gasteiger partial charge in [-0.3, -0.25) is 9.59 Å². The number of hydrogen-bond acceptors (Lipinski definition) is 2. The molecule has 0 bridgehead atoms. The average molecular weight is 468 g/mol. The summed E-state index contributed by atoms with van der Waals surface area (Å²) in [5.74, 6) is -0.282. The van der Waals surface area contributed by atoms with Crippen LogP contribution in [-0.4, -0.2) is 28.8 Å². The Hall–Kier alpha value is -1.75. The third kappa shape index (κ3) is 6.13. The first kappa shape index (κ1) is 22.9. The molecule has 1 fully saturated rings. The molecule has 3 rings (SSSR count). The van der Waals surface area contributed by atoms with Crippen LogP contribution in [-0.2, 0) is 22.6 Å². The van der Waals surface area contributed by atoms with Gasteiger partial charge < -0.3 is 10.2 Å². The van der Waals surface area contributed by atoms with Crippen molar-refractivity contribution in [1.29, 1.82) is 0 Å². The van der Waals surface area contributed by atoms with Gasteiger partial charge in [0.15, 0.2) is 0 Å². The van der Waals surface area contributed by atoms with E-state index >= 15 is 0 Å². The molecule has 0 heterocycles. The van der Waals surface area contributed by atoms with Gasteiger partial charge in [0.05, 0.1) is 16.5 Å². The minimum Gasteiger partial charge on any atom is -0.352 e. The molecule has 7 heteroatoms. The molecular formula is C23H25Cl3N2O2. The Morgan fingerprint density at radius 1 is 1.00 bits per heavy atom. The van der Waals surface area contributed by atoms with E-state index in [1.54, 1.807) is 42.2 Å². The lowest BCUT2D eigenvalue weighted by atomic mass is 10.1. The summed E-state index contributed by atoms with van der Waals surface area (Å²) in [7, 11) is 0. The minimum absolute atomic E-state index is 0.127. The van der Waals surface area contributed by atoms with Crippen LogP contribution in [0.4, 0.5) is 0 Å². The fourth-order valence-corrected chi connectivity index (χ4v) is 4.13. The molecule has 2 aromatic carbocycles. The fraction of sp³-hybridized carbons (Fsp3) is 0.391. The lowest BCUT2D eigenvalue weighted by Crippen LogP contribution is -2.50. The van der Waals surface area contributed by atoms with E-state index in [4.69, 9.17) is 34.8 Å². The first-order valence-corrected chi connectivity index (χ1v) is 11.2. The summed E-state index contributed by atoms with van der Waals surface area (Å²) in [6, 6.07) is 12.0. The molecule has 160 valence electrons. The summed E-state index contributed by atoms with van der Waals surface area (Å²) >= 11 is 18.1. The van der Waals surface area contributed by atoms with E-state index in [2.05, 4.69) is 5.32 Å². The van der Waals surface area contributed by atoms with Crippen LogP contribution in [0.2, 0.25) is 15.1 Å². The maximum Gasteiger partial charge on any atom is 0.242 e. The molecule has 0 unspecified atom stereocenters. The van der Waals surface area contributed by atoms with Crippen molar-refractivity contribution in [1.82, 2.24) is 10.2 Å². The second kappa shape index (κ2) is 10.5. The van der Waals surface area contributed by atoms with Crippen LogP contribution in [0.1, 0.15) is 43.7 Å². The zero-order valence-corrected chi connectivity index (χ0v) is 19.1. The highest BCUT2D eigenvalue weighted by molar-refractivity contribution is 6.42. The van der Waals surface area contributed by atoms with Gasteiger partial charge in [0.1, 0.15) is 6.04 Å². The number of benzene rings is 2. The zero-order valence-electron chi connectivity index (χ0n) is 16.8. The predicted molar refractivity (Wildman–Crippen MR) is 122 cm³/mol. The topological polar surface area (TPSA) is 49.4 Å². The van der Waals surface area contributed by atoms with Crippen molar-refractivity contribution in [3.63, 3.8) is 0 Å². The van der Waals surface area contributed by atoms with Crippen molar-refractivity contribution < 1.29 is 9.59 Å². The van der Waals surface area contributed by atoms with Crippen molar-refractivity contribution in [3.8, 4) is 0 Å². The highest BCUT2D eigenvalue weighted by Crippen LogP contribution is 2.24. The Balaban J connectivity index is 1.77. The van der Waals surface area contributed by atoms with E-state index in [0.29, 0.717) is 21.6 Å². The standard InChI is InChI=1S/C23H25Cl3N2O2/c1-15(23(30)27-19-4-2-3-5-19)28(14-16-6-9-18(24)10-7-16)22(29)13-17-8-11-20(25)21(26)12-17/h6-12,15,19H,2-5,13-14H2,1H3,(H,27,30)/t15-/m0/s1. The highest BCUT2D eigenvalue weighted by atomic mass is 35.5. The van der Waals surface area contributed by atoms with Crippen molar-refractivity contribution >= 4 is 46.6 Å². The van der Waals surface area contributed by atoms with Crippen LogP contribution in [0.25, 0.3) is 0 Å². The van der Waals surface area contributed by atoms with Crippen LogP contribution in [0.5, 0.6) is 0 Å². The van der Waals surface area contributed by atoms with Gasteiger partial charge in [0.2, 0.25) is 11.8 Å². The van der Waals surface area contributed by atoms with Crippen molar-refractivity contribution in [3.05, 3.63) is 68.7 Å². The normalized spacial score (nSPS) is 15.1. The van der Waals surface area contributed by atoms with Crippen molar-refractivity contribution in [2.24, 2.45) is 0 Å². The van der Waals surface area contributed by atoms with E-state index in [0.717, 1.165) is 36.8 Å². The van der Waals surface area contributed by atoms with Gasteiger partial charge in [-0.05, 0) is 55.2 Å². The summed E-state index contributed by atoms with van der Waals surface area (Å²) in [4.78, 5) is 27.7. The summed E-state index contributed by atoms with van der Waals surface area (Å²) < 4.78 is 0. The van der Waals surface area contributed by atoms with Gasteiger partial charge in [-0.25, -0.2) is 0 Å².